The quantitative estimate of drug-likeness (QED) is 0.801. The van der Waals surface area contributed by atoms with Gasteiger partial charge in [-0.15, -0.1) is 0 Å². The van der Waals surface area contributed by atoms with E-state index < -0.39 is 0 Å². The zero-order valence-corrected chi connectivity index (χ0v) is 12.9. The number of anilines is 1. The molecule has 3 heterocycles. The Hall–Kier alpha value is -2.60. The summed E-state index contributed by atoms with van der Waals surface area (Å²) in [6.07, 6.45) is 1.82. The van der Waals surface area contributed by atoms with Crippen molar-refractivity contribution in [3.8, 4) is 5.75 Å². The summed E-state index contributed by atoms with van der Waals surface area (Å²) >= 11 is 0. The van der Waals surface area contributed by atoms with Gasteiger partial charge in [-0.05, 0) is 24.3 Å². The minimum absolute atomic E-state index is 0.0910. The van der Waals surface area contributed by atoms with E-state index in [1.807, 2.05) is 42.6 Å². The maximum Gasteiger partial charge on any atom is 0.170 e. The van der Waals surface area contributed by atoms with E-state index in [2.05, 4.69) is 20.4 Å². The lowest BCUT2D eigenvalue weighted by atomic mass is 10.1. The summed E-state index contributed by atoms with van der Waals surface area (Å²) < 4.78 is 10.8. The minimum Gasteiger partial charge on any atom is -0.497 e. The topological polar surface area (TPSA) is 63.4 Å². The number of fused-ring (bicyclic) bond motifs is 1. The normalized spacial score (nSPS) is 18.3. The summed E-state index contributed by atoms with van der Waals surface area (Å²) in [6.45, 7) is 2.62. The molecule has 6 nitrogen and oxygen atoms in total. The smallest absolute Gasteiger partial charge is 0.170 e. The van der Waals surface area contributed by atoms with E-state index in [1.165, 1.54) is 0 Å². The van der Waals surface area contributed by atoms with Crippen molar-refractivity contribution in [1.29, 1.82) is 0 Å². The molecular formula is C17H18N4O2. The molecule has 1 unspecified atom stereocenters. The highest BCUT2D eigenvalue weighted by Crippen LogP contribution is 2.32. The van der Waals surface area contributed by atoms with Gasteiger partial charge in [-0.25, -0.2) is 4.98 Å². The van der Waals surface area contributed by atoms with Crippen molar-refractivity contribution in [2.24, 2.45) is 0 Å². The molecule has 1 saturated heterocycles. The average molecular weight is 310 g/mol. The van der Waals surface area contributed by atoms with Gasteiger partial charge >= 0.3 is 0 Å². The summed E-state index contributed by atoms with van der Waals surface area (Å²) in [6, 6.07) is 11.9. The van der Waals surface area contributed by atoms with E-state index in [0.29, 0.717) is 0 Å². The van der Waals surface area contributed by atoms with Crippen LogP contribution in [0.25, 0.3) is 11.0 Å². The maximum absolute atomic E-state index is 5.52. The molecule has 4 rings (SSSR count). The Bertz CT molecular complexity index is 803. The van der Waals surface area contributed by atoms with Crippen LogP contribution in [0.2, 0.25) is 0 Å². The fraction of sp³-hybridized carbons (Fsp3) is 0.294. The molecule has 0 saturated carbocycles. The van der Waals surface area contributed by atoms with Crippen molar-refractivity contribution in [2.45, 2.75) is 6.04 Å². The largest absolute Gasteiger partial charge is 0.497 e. The Morgan fingerprint density at radius 1 is 1.30 bits per heavy atom. The summed E-state index contributed by atoms with van der Waals surface area (Å²) in [5.74, 6) is 1.73. The number of methoxy groups -OCH3 is 1. The van der Waals surface area contributed by atoms with E-state index >= 15 is 0 Å². The lowest BCUT2D eigenvalue weighted by molar-refractivity contribution is 0.405. The van der Waals surface area contributed by atoms with Gasteiger partial charge in [0.2, 0.25) is 0 Å². The van der Waals surface area contributed by atoms with Gasteiger partial charge < -0.3 is 19.5 Å². The number of nitrogens with one attached hydrogen (secondary N) is 1. The third-order valence-corrected chi connectivity index (χ3v) is 4.21. The van der Waals surface area contributed by atoms with Crippen LogP contribution in [0.3, 0.4) is 0 Å². The third kappa shape index (κ3) is 2.51. The van der Waals surface area contributed by atoms with Crippen LogP contribution in [0.1, 0.15) is 11.7 Å². The van der Waals surface area contributed by atoms with Crippen molar-refractivity contribution >= 4 is 16.8 Å². The number of aromatic nitrogens is 2. The summed E-state index contributed by atoms with van der Waals surface area (Å²) in [5, 5.41) is 8.78. The van der Waals surface area contributed by atoms with Crippen molar-refractivity contribution in [3.63, 3.8) is 0 Å². The van der Waals surface area contributed by atoms with Gasteiger partial charge in [0, 0.05) is 37.3 Å². The van der Waals surface area contributed by atoms with E-state index in [0.717, 1.165) is 47.9 Å². The van der Waals surface area contributed by atoms with Gasteiger partial charge in [0.15, 0.2) is 5.58 Å². The minimum atomic E-state index is 0.0910. The van der Waals surface area contributed by atoms with E-state index in [4.69, 9.17) is 9.26 Å². The average Bonchev–Trinajstić information content (AvgIpc) is 3.05. The predicted octanol–water partition coefficient (Wildman–Crippen LogP) is 2.38. The highest BCUT2D eigenvalue weighted by Gasteiger charge is 2.29. The lowest BCUT2D eigenvalue weighted by Gasteiger charge is -2.36. The van der Waals surface area contributed by atoms with Crippen molar-refractivity contribution in [1.82, 2.24) is 15.5 Å². The van der Waals surface area contributed by atoms with Gasteiger partial charge in [0.05, 0.1) is 13.2 Å². The Kier molecular flexibility index (Phi) is 3.59. The fourth-order valence-corrected chi connectivity index (χ4v) is 3.05. The van der Waals surface area contributed by atoms with Gasteiger partial charge in [-0.1, -0.05) is 11.2 Å². The highest BCUT2D eigenvalue weighted by atomic mass is 16.5. The molecule has 1 aliphatic rings. The fourth-order valence-electron chi connectivity index (χ4n) is 3.05. The first-order valence-electron chi connectivity index (χ1n) is 7.68. The monoisotopic (exact) mass is 310 g/mol. The Morgan fingerprint density at radius 2 is 2.26 bits per heavy atom. The molecule has 1 fully saturated rings. The van der Waals surface area contributed by atoms with Gasteiger partial charge in [0.25, 0.3) is 0 Å². The standard InChI is InChI=1S/C17H18N4O2/c1-22-12-5-6-13-15(10-12)23-20-17(13)14-11-18-8-9-21(14)16-4-2-3-7-19-16/h2-7,10,14,18H,8-9,11H2,1H3. The van der Waals surface area contributed by atoms with Crippen LogP contribution in [-0.4, -0.2) is 36.9 Å². The number of hydrogen-bond acceptors (Lipinski definition) is 6. The van der Waals surface area contributed by atoms with Gasteiger partial charge in [-0.2, -0.15) is 0 Å². The van der Waals surface area contributed by atoms with E-state index in [9.17, 15) is 0 Å². The first kappa shape index (κ1) is 14.0. The number of pyridine rings is 1. The third-order valence-electron chi connectivity index (χ3n) is 4.21. The first-order chi connectivity index (χ1) is 11.4. The molecule has 0 bridgehead atoms. The number of nitrogens with zero attached hydrogens (tertiary/aromatic N) is 3. The summed E-state index contributed by atoms with van der Waals surface area (Å²) in [7, 11) is 1.65. The Balaban J connectivity index is 1.75. The lowest BCUT2D eigenvalue weighted by Crippen LogP contribution is -2.46. The number of ether oxygens (including phenoxy) is 1. The number of piperazine rings is 1. The van der Waals surface area contributed by atoms with E-state index in [-0.39, 0.29) is 6.04 Å². The zero-order chi connectivity index (χ0) is 15.6. The highest BCUT2D eigenvalue weighted by molar-refractivity contribution is 5.81. The molecule has 2 aromatic heterocycles. The number of hydrogen-bond donors (Lipinski definition) is 1. The summed E-state index contributed by atoms with van der Waals surface area (Å²) in [4.78, 5) is 6.77. The Morgan fingerprint density at radius 3 is 3.09 bits per heavy atom. The molecule has 3 aromatic rings. The van der Waals surface area contributed by atoms with Crippen molar-refractivity contribution in [3.05, 3.63) is 48.3 Å². The molecule has 1 N–H and O–H groups in total. The molecule has 0 aliphatic carbocycles. The molecule has 0 amide bonds. The predicted molar refractivity (Wildman–Crippen MR) is 87.8 cm³/mol. The van der Waals surface area contributed by atoms with Gasteiger partial charge in [-0.3, -0.25) is 0 Å². The maximum atomic E-state index is 5.52. The van der Waals surface area contributed by atoms with Crippen LogP contribution in [-0.2, 0) is 0 Å². The SMILES string of the molecule is COc1ccc2c(C3CNCCN3c3ccccn3)noc2c1. The van der Waals surface area contributed by atoms with Crippen molar-refractivity contribution in [2.75, 3.05) is 31.6 Å². The van der Waals surface area contributed by atoms with Crippen molar-refractivity contribution < 1.29 is 9.26 Å². The molecule has 1 atom stereocenters. The van der Waals surface area contributed by atoms with Crippen LogP contribution < -0.4 is 15.0 Å². The van der Waals surface area contributed by atoms with Crippen LogP contribution in [0.5, 0.6) is 5.75 Å². The molecule has 0 spiro atoms. The Labute approximate surface area is 134 Å². The molecule has 0 radical (unpaired) electrons. The van der Waals surface area contributed by atoms with Crippen LogP contribution in [0.4, 0.5) is 5.82 Å². The second-order valence-corrected chi connectivity index (χ2v) is 5.53. The molecule has 118 valence electrons. The molecular weight excluding hydrogens is 292 g/mol. The number of rotatable bonds is 3. The molecule has 6 heteroatoms. The van der Waals surface area contributed by atoms with Gasteiger partial charge in [0.1, 0.15) is 17.3 Å². The van der Waals surface area contributed by atoms with Crippen LogP contribution in [0.15, 0.2) is 47.1 Å². The molecule has 23 heavy (non-hydrogen) atoms. The molecule has 1 aromatic carbocycles. The second-order valence-electron chi connectivity index (χ2n) is 5.53. The second kappa shape index (κ2) is 5.89. The molecule has 1 aliphatic heterocycles. The van der Waals surface area contributed by atoms with Crippen LogP contribution >= 0.6 is 0 Å². The van der Waals surface area contributed by atoms with E-state index in [1.54, 1.807) is 7.11 Å². The summed E-state index contributed by atoms with van der Waals surface area (Å²) in [5.41, 5.74) is 1.67. The number of benzene rings is 1. The zero-order valence-electron chi connectivity index (χ0n) is 12.9. The van der Waals surface area contributed by atoms with Crippen LogP contribution in [0, 0.1) is 0 Å². The first-order valence-corrected chi connectivity index (χ1v) is 7.68.